The molecular formula is C14H12N2S2. The van der Waals surface area contributed by atoms with E-state index in [4.69, 9.17) is 5.73 Å². The first-order chi connectivity index (χ1) is 8.84. The molecule has 0 fully saturated rings. The SMILES string of the molecule is NC(c1cccs1)c1cnc(-c2ccccc2)s1. The number of rotatable bonds is 3. The first-order valence-electron chi connectivity index (χ1n) is 5.65. The summed E-state index contributed by atoms with van der Waals surface area (Å²) in [6.45, 7) is 0. The van der Waals surface area contributed by atoms with Crippen molar-refractivity contribution in [2.24, 2.45) is 5.73 Å². The molecule has 2 nitrogen and oxygen atoms in total. The van der Waals surface area contributed by atoms with Gasteiger partial charge in [0.05, 0.1) is 6.04 Å². The molecule has 0 aliphatic heterocycles. The minimum Gasteiger partial charge on any atom is -0.319 e. The Morgan fingerprint density at radius 2 is 1.83 bits per heavy atom. The zero-order chi connectivity index (χ0) is 12.4. The lowest BCUT2D eigenvalue weighted by molar-refractivity contribution is 0.913. The van der Waals surface area contributed by atoms with Crippen LogP contribution in [0, 0.1) is 0 Å². The van der Waals surface area contributed by atoms with Gasteiger partial charge in [0.1, 0.15) is 5.01 Å². The molecule has 0 amide bonds. The number of hydrogen-bond donors (Lipinski definition) is 1. The van der Waals surface area contributed by atoms with Crippen LogP contribution < -0.4 is 5.73 Å². The molecule has 0 spiro atoms. The Morgan fingerprint density at radius 3 is 2.56 bits per heavy atom. The number of nitrogens with two attached hydrogens (primary N) is 1. The van der Waals surface area contributed by atoms with Gasteiger partial charge in [-0.3, -0.25) is 0 Å². The second-order valence-corrected chi connectivity index (χ2v) is 5.97. The number of aromatic nitrogens is 1. The Bertz CT molecular complexity index is 614. The highest BCUT2D eigenvalue weighted by molar-refractivity contribution is 7.15. The van der Waals surface area contributed by atoms with Gasteiger partial charge in [-0.25, -0.2) is 4.98 Å². The van der Waals surface area contributed by atoms with Crippen LogP contribution in [0.3, 0.4) is 0 Å². The number of benzene rings is 1. The van der Waals surface area contributed by atoms with E-state index in [0.717, 1.165) is 15.4 Å². The van der Waals surface area contributed by atoms with Gasteiger partial charge >= 0.3 is 0 Å². The maximum atomic E-state index is 6.23. The fourth-order valence-corrected chi connectivity index (χ4v) is 3.51. The molecule has 1 aromatic carbocycles. The lowest BCUT2D eigenvalue weighted by atomic mass is 10.2. The minimum atomic E-state index is -0.0556. The van der Waals surface area contributed by atoms with Crippen LogP contribution in [0.5, 0.6) is 0 Å². The van der Waals surface area contributed by atoms with E-state index < -0.39 is 0 Å². The van der Waals surface area contributed by atoms with Gasteiger partial charge in [0.15, 0.2) is 0 Å². The monoisotopic (exact) mass is 272 g/mol. The van der Waals surface area contributed by atoms with Crippen molar-refractivity contribution in [3.05, 3.63) is 63.8 Å². The average molecular weight is 272 g/mol. The third kappa shape index (κ3) is 2.22. The van der Waals surface area contributed by atoms with Crippen molar-refractivity contribution in [3.63, 3.8) is 0 Å². The van der Waals surface area contributed by atoms with Gasteiger partial charge in [0.2, 0.25) is 0 Å². The predicted molar refractivity (Wildman–Crippen MR) is 77.9 cm³/mol. The summed E-state index contributed by atoms with van der Waals surface area (Å²) in [5, 5.41) is 3.08. The maximum absolute atomic E-state index is 6.23. The summed E-state index contributed by atoms with van der Waals surface area (Å²) in [5.74, 6) is 0. The average Bonchev–Trinajstić information content (AvgIpc) is 3.10. The van der Waals surface area contributed by atoms with Gasteiger partial charge in [-0.1, -0.05) is 36.4 Å². The molecule has 1 atom stereocenters. The summed E-state index contributed by atoms with van der Waals surface area (Å²) in [6, 6.07) is 14.2. The second kappa shape index (κ2) is 5.02. The van der Waals surface area contributed by atoms with E-state index in [9.17, 15) is 0 Å². The fraction of sp³-hybridized carbons (Fsp3) is 0.0714. The van der Waals surface area contributed by atoms with E-state index in [1.54, 1.807) is 22.7 Å². The van der Waals surface area contributed by atoms with Crippen LogP contribution in [0.4, 0.5) is 0 Å². The molecule has 0 bridgehead atoms. The van der Waals surface area contributed by atoms with Crippen LogP contribution in [-0.2, 0) is 0 Å². The zero-order valence-electron chi connectivity index (χ0n) is 9.61. The van der Waals surface area contributed by atoms with Gasteiger partial charge in [0, 0.05) is 21.5 Å². The lowest BCUT2D eigenvalue weighted by Gasteiger charge is -2.04. The van der Waals surface area contributed by atoms with Crippen molar-refractivity contribution in [1.82, 2.24) is 4.98 Å². The Labute approximate surface area is 114 Å². The van der Waals surface area contributed by atoms with Crippen LogP contribution in [0.2, 0.25) is 0 Å². The number of thiazole rings is 1. The molecule has 3 aromatic rings. The number of thiophene rings is 1. The van der Waals surface area contributed by atoms with Gasteiger partial charge in [-0.2, -0.15) is 0 Å². The van der Waals surface area contributed by atoms with E-state index in [0.29, 0.717) is 0 Å². The molecule has 3 rings (SSSR count). The van der Waals surface area contributed by atoms with Gasteiger partial charge in [-0.15, -0.1) is 22.7 Å². The maximum Gasteiger partial charge on any atom is 0.123 e. The van der Waals surface area contributed by atoms with Gasteiger partial charge in [-0.05, 0) is 11.4 Å². The Hall–Kier alpha value is -1.49. The molecule has 0 radical (unpaired) electrons. The highest BCUT2D eigenvalue weighted by Gasteiger charge is 2.13. The van der Waals surface area contributed by atoms with Gasteiger partial charge in [0.25, 0.3) is 0 Å². The standard InChI is InChI=1S/C14H12N2S2/c15-13(11-7-4-8-17-11)12-9-16-14(18-12)10-5-2-1-3-6-10/h1-9,13H,15H2. The van der Waals surface area contributed by atoms with E-state index in [1.807, 2.05) is 35.8 Å². The van der Waals surface area contributed by atoms with Crippen LogP contribution >= 0.6 is 22.7 Å². The Balaban J connectivity index is 1.90. The number of hydrogen-bond acceptors (Lipinski definition) is 4. The highest BCUT2D eigenvalue weighted by Crippen LogP contribution is 2.31. The second-order valence-electron chi connectivity index (χ2n) is 3.93. The van der Waals surface area contributed by atoms with Crippen molar-refractivity contribution in [2.75, 3.05) is 0 Å². The first kappa shape index (κ1) is 11.6. The normalized spacial score (nSPS) is 12.5. The zero-order valence-corrected chi connectivity index (χ0v) is 11.2. The molecule has 4 heteroatoms. The summed E-state index contributed by atoms with van der Waals surface area (Å²) in [7, 11) is 0. The summed E-state index contributed by atoms with van der Waals surface area (Å²) < 4.78 is 0. The van der Waals surface area contributed by atoms with Gasteiger partial charge < -0.3 is 5.73 Å². The highest BCUT2D eigenvalue weighted by atomic mass is 32.1. The lowest BCUT2D eigenvalue weighted by Crippen LogP contribution is -2.07. The van der Waals surface area contributed by atoms with Crippen molar-refractivity contribution in [3.8, 4) is 10.6 Å². The fourth-order valence-electron chi connectivity index (χ4n) is 1.75. The third-order valence-electron chi connectivity index (χ3n) is 2.70. The molecular weight excluding hydrogens is 260 g/mol. The number of nitrogens with zero attached hydrogens (tertiary/aromatic N) is 1. The van der Waals surface area contributed by atoms with E-state index in [-0.39, 0.29) is 6.04 Å². The van der Waals surface area contributed by atoms with E-state index in [2.05, 4.69) is 23.2 Å². The molecule has 2 aromatic heterocycles. The first-order valence-corrected chi connectivity index (χ1v) is 7.34. The molecule has 18 heavy (non-hydrogen) atoms. The molecule has 2 heterocycles. The van der Waals surface area contributed by atoms with Crippen LogP contribution in [0.1, 0.15) is 15.8 Å². The van der Waals surface area contributed by atoms with E-state index in [1.165, 1.54) is 4.88 Å². The Morgan fingerprint density at radius 1 is 1.00 bits per heavy atom. The Kier molecular flexibility index (Phi) is 3.23. The summed E-state index contributed by atoms with van der Waals surface area (Å²) in [6.07, 6.45) is 1.89. The topological polar surface area (TPSA) is 38.9 Å². The van der Waals surface area contributed by atoms with E-state index >= 15 is 0 Å². The van der Waals surface area contributed by atoms with Crippen LogP contribution in [0.15, 0.2) is 54.0 Å². The predicted octanol–water partition coefficient (Wildman–Crippen LogP) is 3.92. The summed E-state index contributed by atoms with van der Waals surface area (Å²) in [5.41, 5.74) is 7.38. The molecule has 1 unspecified atom stereocenters. The van der Waals surface area contributed by atoms with Crippen molar-refractivity contribution in [2.45, 2.75) is 6.04 Å². The molecule has 0 aliphatic rings. The molecule has 2 N–H and O–H groups in total. The molecule has 90 valence electrons. The van der Waals surface area contributed by atoms with Crippen molar-refractivity contribution < 1.29 is 0 Å². The third-order valence-corrected chi connectivity index (χ3v) is 4.79. The largest absolute Gasteiger partial charge is 0.319 e. The summed E-state index contributed by atoms with van der Waals surface area (Å²) >= 11 is 3.35. The molecule has 0 saturated carbocycles. The molecule has 0 saturated heterocycles. The summed E-state index contributed by atoms with van der Waals surface area (Å²) in [4.78, 5) is 6.75. The smallest absolute Gasteiger partial charge is 0.123 e. The molecule has 0 aliphatic carbocycles. The van der Waals surface area contributed by atoms with Crippen molar-refractivity contribution >= 4 is 22.7 Å². The van der Waals surface area contributed by atoms with Crippen molar-refractivity contribution in [1.29, 1.82) is 0 Å². The minimum absolute atomic E-state index is 0.0556. The van der Waals surface area contributed by atoms with Crippen LogP contribution in [-0.4, -0.2) is 4.98 Å². The van der Waals surface area contributed by atoms with Crippen LogP contribution in [0.25, 0.3) is 10.6 Å². The quantitative estimate of drug-likeness (QED) is 0.785.